The van der Waals surface area contributed by atoms with Crippen molar-refractivity contribution in [3.8, 4) is 5.75 Å². The molecule has 1 rings (SSSR count). The molecule has 0 aromatic heterocycles. The van der Waals surface area contributed by atoms with Crippen molar-refractivity contribution in [1.29, 1.82) is 0 Å². The second-order valence-electron chi connectivity index (χ2n) is 2.40. The van der Waals surface area contributed by atoms with Crippen LogP contribution in [-0.2, 0) is 0 Å². The van der Waals surface area contributed by atoms with E-state index in [1.165, 1.54) is 6.92 Å². The first-order valence-electron chi connectivity index (χ1n) is 3.61. The summed E-state index contributed by atoms with van der Waals surface area (Å²) in [6, 6.07) is 9.23. The van der Waals surface area contributed by atoms with Crippen LogP contribution in [0.4, 0.5) is 4.39 Å². The maximum atomic E-state index is 12.3. The molecule has 1 aromatic rings. The minimum atomic E-state index is -0.907. The van der Waals surface area contributed by atoms with Crippen LogP contribution in [0.15, 0.2) is 30.3 Å². The number of benzene rings is 1. The van der Waals surface area contributed by atoms with Crippen molar-refractivity contribution in [2.24, 2.45) is 0 Å². The third-order valence-electron chi connectivity index (χ3n) is 1.22. The Morgan fingerprint density at radius 2 is 2.00 bits per heavy atom. The van der Waals surface area contributed by atoms with E-state index < -0.39 is 6.17 Å². The summed E-state index contributed by atoms with van der Waals surface area (Å²) in [5, 5.41) is 0. The Labute approximate surface area is 65.8 Å². The maximum Gasteiger partial charge on any atom is 0.131 e. The summed E-state index contributed by atoms with van der Waals surface area (Å²) in [6.07, 6.45) is -0.907. The summed E-state index contributed by atoms with van der Waals surface area (Å²) in [5.74, 6) is 0.719. The van der Waals surface area contributed by atoms with E-state index in [4.69, 9.17) is 4.74 Å². The van der Waals surface area contributed by atoms with Gasteiger partial charge in [0.25, 0.3) is 0 Å². The van der Waals surface area contributed by atoms with Gasteiger partial charge in [0.2, 0.25) is 0 Å². The molecule has 1 atom stereocenters. The highest BCUT2D eigenvalue weighted by Gasteiger charge is 1.97. The van der Waals surface area contributed by atoms with Crippen LogP contribution in [0.1, 0.15) is 6.92 Å². The first-order valence-corrected chi connectivity index (χ1v) is 3.61. The van der Waals surface area contributed by atoms with Crippen molar-refractivity contribution in [1.82, 2.24) is 0 Å². The Balaban J connectivity index is 2.39. The van der Waals surface area contributed by atoms with E-state index in [0.29, 0.717) is 0 Å². The monoisotopic (exact) mass is 154 g/mol. The van der Waals surface area contributed by atoms with E-state index in [0.717, 1.165) is 5.75 Å². The average Bonchev–Trinajstić information content (AvgIpc) is 2.03. The first-order chi connectivity index (χ1) is 5.29. The molecule has 0 aliphatic heterocycles. The number of ether oxygens (including phenoxy) is 1. The topological polar surface area (TPSA) is 9.23 Å². The largest absolute Gasteiger partial charge is 0.491 e. The highest BCUT2D eigenvalue weighted by Crippen LogP contribution is 2.08. The molecule has 0 radical (unpaired) electrons. The average molecular weight is 154 g/mol. The van der Waals surface area contributed by atoms with Crippen molar-refractivity contribution in [2.45, 2.75) is 13.1 Å². The zero-order chi connectivity index (χ0) is 8.10. The first kappa shape index (κ1) is 8.05. The van der Waals surface area contributed by atoms with E-state index in [-0.39, 0.29) is 6.61 Å². The maximum absolute atomic E-state index is 12.3. The fourth-order valence-corrected chi connectivity index (χ4v) is 0.728. The minimum absolute atomic E-state index is 0.129. The molecule has 0 aliphatic rings. The molecular formula is C9H11FO. The smallest absolute Gasteiger partial charge is 0.131 e. The molecule has 60 valence electrons. The van der Waals surface area contributed by atoms with Crippen LogP contribution in [-0.4, -0.2) is 12.8 Å². The molecule has 1 nitrogen and oxygen atoms in total. The molecule has 0 fully saturated rings. The molecule has 0 saturated carbocycles. The third kappa shape index (κ3) is 3.03. The van der Waals surface area contributed by atoms with Crippen LogP contribution in [0.25, 0.3) is 0 Å². The molecule has 0 unspecified atom stereocenters. The molecular weight excluding hydrogens is 143 g/mol. The molecule has 0 bridgehead atoms. The van der Waals surface area contributed by atoms with Gasteiger partial charge >= 0.3 is 0 Å². The zero-order valence-electron chi connectivity index (χ0n) is 6.46. The van der Waals surface area contributed by atoms with Crippen molar-refractivity contribution in [2.75, 3.05) is 6.61 Å². The van der Waals surface area contributed by atoms with Crippen molar-refractivity contribution in [3.63, 3.8) is 0 Å². The lowest BCUT2D eigenvalue weighted by Crippen LogP contribution is -2.07. The lowest BCUT2D eigenvalue weighted by atomic mass is 10.3. The summed E-state index contributed by atoms with van der Waals surface area (Å²) >= 11 is 0. The highest BCUT2D eigenvalue weighted by molar-refractivity contribution is 5.20. The van der Waals surface area contributed by atoms with Crippen LogP contribution in [0.2, 0.25) is 0 Å². The van der Waals surface area contributed by atoms with Crippen LogP contribution < -0.4 is 4.74 Å². The van der Waals surface area contributed by atoms with Crippen molar-refractivity contribution in [3.05, 3.63) is 30.3 Å². The third-order valence-corrected chi connectivity index (χ3v) is 1.22. The molecule has 0 saturated heterocycles. The van der Waals surface area contributed by atoms with Gasteiger partial charge in [-0.15, -0.1) is 0 Å². The Hall–Kier alpha value is -1.05. The lowest BCUT2D eigenvalue weighted by Gasteiger charge is -2.05. The molecule has 1 aromatic carbocycles. The van der Waals surface area contributed by atoms with Gasteiger partial charge in [-0.25, -0.2) is 4.39 Å². The molecule has 0 aliphatic carbocycles. The molecule has 11 heavy (non-hydrogen) atoms. The van der Waals surface area contributed by atoms with Gasteiger partial charge in [-0.1, -0.05) is 18.2 Å². The molecule has 0 spiro atoms. The fraction of sp³-hybridized carbons (Fsp3) is 0.333. The zero-order valence-corrected chi connectivity index (χ0v) is 6.46. The van der Waals surface area contributed by atoms with Crippen molar-refractivity contribution >= 4 is 0 Å². The Kier molecular flexibility index (Phi) is 2.90. The number of rotatable bonds is 3. The van der Waals surface area contributed by atoms with Crippen LogP contribution >= 0.6 is 0 Å². The van der Waals surface area contributed by atoms with Crippen LogP contribution in [0.3, 0.4) is 0 Å². The highest BCUT2D eigenvalue weighted by atomic mass is 19.1. The predicted octanol–water partition coefficient (Wildman–Crippen LogP) is 2.42. The number of halogens is 1. The van der Waals surface area contributed by atoms with Gasteiger partial charge in [-0.3, -0.25) is 0 Å². The Morgan fingerprint density at radius 1 is 1.36 bits per heavy atom. The molecule has 0 heterocycles. The standard InChI is InChI=1S/C9H11FO/c1-8(10)7-11-9-5-3-2-4-6-9/h2-6,8H,7H2,1H3/t8-/m0/s1. The second kappa shape index (κ2) is 3.96. The molecule has 0 N–H and O–H groups in total. The quantitative estimate of drug-likeness (QED) is 0.649. The number of alkyl halides is 1. The summed E-state index contributed by atoms with van der Waals surface area (Å²) in [4.78, 5) is 0. The summed E-state index contributed by atoms with van der Waals surface area (Å²) < 4.78 is 17.4. The lowest BCUT2D eigenvalue weighted by molar-refractivity contribution is 0.210. The Bertz CT molecular complexity index is 196. The van der Waals surface area contributed by atoms with Gasteiger partial charge in [0.1, 0.15) is 18.5 Å². The van der Waals surface area contributed by atoms with Gasteiger partial charge < -0.3 is 4.74 Å². The second-order valence-corrected chi connectivity index (χ2v) is 2.40. The van der Waals surface area contributed by atoms with Crippen LogP contribution in [0.5, 0.6) is 5.75 Å². The van der Waals surface area contributed by atoms with Crippen molar-refractivity contribution < 1.29 is 9.13 Å². The Morgan fingerprint density at radius 3 is 2.55 bits per heavy atom. The van der Waals surface area contributed by atoms with Gasteiger partial charge in [0.15, 0.2) is 0 Å². The SMILES string of the molecule is C[C@H](F)COc1ccccc1. The number of para-hydroxylation sites is 1. The normalized spacial score (nSPS) is 12.5. The van der Waals surface area contributed by atoms with Gasteiger partial charge in [-0.05, 0) is 19.1 Å². The van der Waals surface area contributed by atoms with E-state index in [2.05, 4.69) is 0 Å². The van der Waals surface area contributed by atoms with E-state index in [9.17, 15) is 4.39 Å². The van der Waals surface area contributed by atoms with E-state index in [1.54, 1.807) is 0 Å². The molecule has 0 amide bonds. The van der Waals surface area contributed by atoms with Gasteiger partial charge in [0.05, 0.1) is 0 Å². The van der Waals surface area contributed by atoms with E-state index >= 15 is 0 Å². The predicted molar refractivity (Wildman–Crippen MR) is 42.5 cm³/mol. The fourth-order valence-electron chi connectivity index (χ4n) is 0.728. The number of hydrogen-bond acceptors (Lipinski definition) is 1. The van der Waals surface area contributed by atoms with Crippen LogP contribution in [0, 0.1) is 0 Å². The van der Waals surface area contributed by atoms with Gasteiger partial charge in [0, 0.05) is 0 Å². The number of hydrogen-bond donors (Lipinski definition) is 0. The molecule has 2 heteroatoms. The van der Waals surface area contributed by atoms with Gasteiger partial charge in [-0.2, -0.15) is 0 Å². The summed E-state index contributed by atoms with van der Waals surface area (Å²) in [5.41, 5.74) is 0. The summed E-state index contributed by atoms with van der Waals surface area (Å²) in [7, 11) is 0. The van der Waals surface area contributed by atoms with E-state index in [1.807, 2.05) is 30.3 Å². The minimum Gasteiger partial charge on any atom is -0.491 e. The summed E-state index contributed by atoms with van der Waals surface area (Å²) in [6.45, 7) is 1.60.